The van der Waals surface area contributed by atoms with Crippen LogP contribution in [0.5, 0.6) is 17.4 Å². The smallest absolute Gasteiger partial charge is 0.319 e. The second kappa shape index (κ2) is 10.1. The van der Waals surface area contributed by atoms with Gasteiger partial charge in [0.15, 0.2) is 11.5 Å². The largest absolute Gasteiger partial charge is 0.493 e. The molecule has 0 radical (unpaired) electrons. The van der Waals surface area contributed by atoms with Crippen molar-refractivity contribution in [3.8, 4) is 17.4 Å². The minimum Gasteiger partial charge on any atom is -0.493 e. The number of carbonyl (C=O) groups is 1. The third-order valence-electron chi connectivity index (χ3n) is 4.48. The maximum Gasteiger partial charge on any atom is 0.319 e. The summed E-state index contributed by atoms with van der Waals surface area (Å²) in [7, 11) is 5.59. The molecule has 30 heavy (non-hydrogen) atoms. The standard InChI is InChI=1S/C22H26N4O3S/c1-15-7-9-18(19(12-15)28-4)29-21-10-8-16(13-23-21)25-22(27)24-14-17(26(2)3)20-6-5-11-30-20/h5-13,17H,14H2,1-4H3,(H2,24,25,27)/t17-/m0/s1. The van der Waals surface area contributed by atoms with Crippen molar-refractivity contribution in [2.75, 3.05) is 33.1 Å². The van der Waals surface area contributed by atoms with Gasteiger partial charge >= 0.3 is 6.03 Å². The second-order valence-corrected chi connectivity index (χ2v) is 7.95. The lowest BCUT2D eigenvalue weighted by atomic mass is 10.2. The third kappa shape index (κ3) is 5.71. The van der Waals surface area contributed by atoms with Gasteiger partial charge in [-0.15, -0.1) is 11.3 Å². The molecule has 8 heteroatoms. The van der Waals surface area contributed by atoms with Crippen molar-refractivity contribution in [1.29, 1.82) is 0 Å². The lowest BCUT2D eigenvalue weighted by Gasteiger charge is -2.23. The first-order chi connectivity index (χ1) is 14.5. The molecular weight excluding hydrogens is 400 g/mol. The number of thiophene rings is 1. The summed E-state index contributed by atoms with van der Waals surface area (Å²) in [6.07, 6.45) is 1.55. The minimum atomic E-state index is -0.283. The molecule has 0 saturated heterocycles. The number of pyridine rings is 1. The van der Waals surface area contributed by atoms with Gasteiger partial charge in [0, 0.05) is 17.5 Å². The summed E-state index contributed by atoms with van der Waals surface area (Å²) in [6.45, 7) is 2.48. The number of hydrogen-bond donors (Lipinski definition) is 2. The summed E-state index contributed by atoms with van der Waals surface area (Å²) in [5.41, 5.74) is 1.65. The number of nitrogens with one attached hydrogen (secondary N) is 2. The van der Waals surface area contributed by atoms with Crippen molar-refractivity contribution in [2.45, 2.75) is 13.0 Å². The van der Waals surface area contributed by atoms with E-state index in [4.69, 9.17) is 9.47 Å². The molecular formula is C22H26N4O3S. The van der Waals surface area contributed by atoms with Crippen LogP contribution in [0.4, 0.5) is 10.5 Å². The fraction of sp³-hybridized carbons (Fsp3) is 0.273. The Hall–Kier alpha value is -3.10. The Kier molecular flexibility index (Phi) is 7.26. The Balaban J connectivity index is 1.55. The van der Waals surface area contributed by atoms with E-state index in [1.807, 2.05) is 50.7 Å². The zero-order valence-electron chi connectivity index (χ0n) is 17.5. The molecule has 2 N–H and O–H groups in total. The van der Waals surface area contributed by atoms with Crippen LogP contribution in [0.2, 0.25) is 0 Å². The van der Waals surface area contributed by atoms with Gasteiger partial charge in [0.25, 0.3) is 0 Å². The number of urea groups is 1. The van der Waals surface area contributed by atoms with E-state index in [1.165, 1.54) is 4.88 Å². The lowest BCUT2D eigenvalue weighted by Crippen LogP contribution is -2.36. The van der Waals surface area contributed by atoms with Crippen LogP contribution in [-0.2, 0) is 0 Å². The van der Waals surface area contributed by atoms with E-state index in [0.29, 0.717) is 29.6 Å². The lowest BCUT2D eigenvalue weighted by molar-refractivity contribution is 0.244. The Morgan fingerprint density at radius 1 is 1.20 bits per heavy atom. The molecule has 7 nitrogen and oxygen atoms in total. The van der Waals surface area contributed by atoms with E-state index in [1.54, 1.807) is 36.8 Å². The maximum atomic E-state index is 12.3. The van der Waals surface area contributed by atoms with Crippen molar-refractivity contribution < 1.29 is 14.3 Å². The van der Waals surface area contributed by atoms with Gasteiger partial charge in [-0.2, -0.15) is 0 Å². The summed E-state index contributed by atoms with van der Waals surface area (Å²) in [4.78, 5) is 19.8. The molecule has 1 atom stereocenters. The van der Waals surface area contributed by atoms with Gasteiger partial charge in [0.05, 0.1) is 25.0 Å². The molecule has 0 saturated carbocycles. The molecule has 0 spiro atoms. The first kappa shape index (κ1) is 21.6. The average Bonchev–Trinajstić information content (AvgIpc) is 3.25. The molecule has 0 bridgehead atoms. The van der Waals surface area contributed by atoms with Crippen molar-refractivity contribution in [3.05, 3.63) is 64.5 Å². The van der Waals surface area contributed by atoms with Crippen LogP contribution < -0.4 is 20.1 Å². The molecule has 1 aromatic carbocycles. The molecule has 2 aromatic heterocycles. The zero-order valence-corrected chi connectivity index (χ0v) is 18.3. The van der Waals surface area contributed by atoms with Gasteiger partial charge < -0.3 is 25.0 Å². The maximum absolute atomic E-state index is 12.3. The molecule has 0 fully saturated rings. The van der Waals surface area contributed by atoms with Crippen molar-refractivity contribution in [3.63, 3.8) is 0 Å². The third-order valence-corrected chi connectivity index (χ3v) is 5.45. The van der Waals surface area contributed by atoms with Crippen LogP contribution in [0.15, 0.2) is 54.0 Å². The van der Waals surface area contributed by atoms with Gasteiger partial charge in [-0.25, -0.2) is 9.78 Å². The number of hydrogen-bond acceptors (Lipinski definition) is 6. The number of methoxy groups -OCH3 is 1. The topological polar surface area (TPSA) is 75.7 Å². The molecule has 0 aliphatic carbocycles. The summed E-state index contributed by atoms with van der Waals surface area (Å²) < 4.78 is 11.1. The number of likely N-dealkylation sites (N-methyl/N-ethyl adjacent to an activating group) is 1. The summed E-state index contributed by atoms with van der Waals surface area (Å²) in [5.74, 6) is 1.63. The number of nitrogens with zero attached hydrogens (tertiary/aromatic N) is 2. The van der Waals surface area contributed by atoms with Crippen LogP contribution in [0.25, 0.3) is 0 Å². The first-order valence-electron chi connectivity index (χ1n) is 9.49. The zero-order chi connectivity index (χ0) is 21.5. The Labute approximate surface area is 180 Å². The van der Waals surface area contributed by atoms with Crippen LogP contribution >= 0.6 is 11.3 Å². The molecule has 2 amide bonds. The average molecular weight is 427 g/mol. The van der Waals surface area contributed by atoms with Crippen LogP contribution in [0, 0.1) is 6.92 Å². The predicted molar refractivity (Wildman–Crippen MR) is 120 cm³/mol. The van der Waals surface area contributed by atoms with E-state index in [9.17, 15) is 4.79 Å². The number of aryl methyl sites for hydroxylation is 1. The predicted octanol–water partition coefficient (Wildman–Crippen LogP) is 4.68. The van der Waals surface area contributed by atoms with Crippen molar-refractivity contribution in [2.24, 2.45) is 0 Å². The fourth-order valence-corrected chi connectivity index (χ4v) is 3.79. The summed E-state index contributed by atoms with van der Waals surface area (Å²) in [6, 6.07) is 13.0. The van der Waals surface area contributed by atoms with Gasteiger partial charge in [0.2, 0.25) is 5.88 Å². The normalized spacial score (nSPS) is 11.8. The summed E-state index contributed by atoms with van der Waals surface area (Å²) >= 11 is 1.67. The quantitative estimate of drug-likeness (QED) is 0.547. The number of benzene rings is 1. The van der Waals surface area contributed by atoms with E-state index in [-0.39, 0.29) is 12.1 Å². The number of anilines is 1. The fourth-order valence-electron chi connectivity index (χ4n) is 2.87. The summed E-state index contributed by atoms with van der Waals surface area (Å²) in [5, 5.41) is 7.74. The van der Waals surface area contributed by atoms with Crippen LogP contribution in [0.3, 0.4) is 0 Å². The molecule has 158 valence electrons. The molecule has 0 unspecified atom stereocenters. The van der Waals surface area contributed by atoms with Gasteiger partial charge in [-0.3, -0.25) is 0 Å². The van der Waals surface area contributed by atoms with E-state index < -0.39 is 0 Å². The Morgan fingerprint density at radius 2 is 2.03 bits per heavy atom. The molecule has 0 aliphatic heterocycles. The number of carbonyl (C=O) groups excluding carboxylic acids is 1. The number of amides is 2. The highest BCUT2D eigenvalue weighted by atomic mass is 32.1. The van der Waals surface area contributed by atoms with Gasteiger partial charge in [0.1, 0.15) is 0 Å². The van der Waals surface area contributed by atoms with Gasteiger partial charge in [-0.05, 0) is 56.2 Å². The molecule has 2 heterocycles. The highest BCUT2D eigenvalue weighted by molar-refractivity contribution is 7.10. The SMILES string of the molecule is COc1cc(C)ccc1Oc1ccc(NC(=O)NC[C@@H](c2cccs2)N(C)C)cn1. The highest BCUT2D eigenvalue weighted by Crippen LogP contribution is 2.31. The van der Waals surface area contributed by atoms with E-state index in [2.05, 4.69) is 26.6 Å². The van der Waals surface area contributed by atoms with Gasteiger partial charge in [-0.1, -0.05) is 12.1 Å². The number of aromatic nitrogens is 1. The Morgan fingerprint density at radius 3 is 2.67 bits per heavy atom. The first-order valence-corrected chi connectivity index (χ1v) is 10.4. The van der Waals surface area contributed by atoms with Crippen molar-refractivity contribution in [1.82, 2.24) is 15.2 Å². The molecule has 3 aromatic rings. The Bertz CT molecular complexity index is 959. The van der Waals surface area contributed by atoms with Crippen molar-refractivity contribution >= 4 is 23.1 Å². The number of ether oxygens (including phenoxy) is 2. The monoisotopic (exact) mass is 426 g/mol. The van der Waals surface area contributed by atoms with E-state index in [0.717, 1.165) is 5.56 Å². The minimum absolute atomic E-state index is 0.120. The second-order valence-electron chi connectivity index (χ2n) is 6.97. The molecule has 0 aliphatic rings. The molecule has 3 rings (SSSR count). The van der Waals surface area contributed by atoms with Crippen LogP contribution in [-0.4, -0.2) is 43.7 Å². The van der Waals surface area contributed by atoms with Crippen LogP contribution in [0.1, 0.15) is 16.5 Å². The van der Waals surface area contributed by atoms with E-state index >= 15 is 0 Å². The highest BCUT2D eigenvalue weighted by Gasteiger charge is 2.16. The number of rotatable bonds is 8.